The zero-order valence-corrected chi connectivity index (χ0v) is 13.3. The van der Waals surface area contributed by atoms with Crippen molar-refractivity contribution in [2.45, 2.75) is 46.1 Å². The number of hydrogen-bond donors (Lipinski definition) is 2. The van der Waals surface area contributed by atoms with Gasteiger partial charge in [-0.3, -0.25) is 0 Å². The highest BCUT2D eigenvalue weighted by atomic mass is 16.5. The van der Waals surface area contributed by atoms with Crippen LogP contribution in [0, 0.1) is 5.92 Å². The normalized spacial score (nSPS) is 16.4. The third-order valence-electron chi connectivity index (χ3n) is 3.62. The van der Waals surface area contributed by atoms with Crippen LogP contribution < -0.4 is 15.4 Å². The van der Waals surface area contributed by atoms with Gasteiger partial charge in [0.15, 0.2) is 0 Å². The third kappa shape index (κ3) is 4.41. The molecule has 2 rings (SSSR count). The van der Waals surface area contributed by atoms with Crippen LogP contribution in [0.25, 0.3) is 0 Å². The summed E-state index contributed by atoms with van der Waals surface area (Å²) in [5.74, 6) is 1.74. The molecule has 1 heterocycles. The predicted octanol–water partition coefficient (Wildman–Crippen LogP) is 3.45. The van der Waals surface area contributed by atoms with E-state index in [4.69, 9.17) is 4.74 Å². The van der Waals surface area contributed by atoms with E-state index in [-0.39, 0.29) is 5.60 Å². The molecule has 0 fully saturated rings. The molecule has 0 radical (unpaired) electrons. The molecule has 1 aromatic rings. The van der Waals surface area contributed by atoms with E-state index in [0.29, 0.717) is 0 Å². The summed E-state index contributed by atoms with van der Waals surface area (Å²) in [5.41, 5.74) is 2.37. The summed E-state index contributed by atoms with van der Waals surface area (Å²) in [6, 6.07) is 6.48. The van der Waals surface area contributed by atoms with Crippen LogP contribution in [0.1, 0.15) is 39.7 Å². The number of rotatable bonds is 6. The Morgan fingerprint density at radius 1 is 1.30 bits per heavy atom. The van der Waals surface area contributed by atoms with E-state index < -0.39 is 0 Å². The molecule has 2 N–H and O–H groups in total. The van der Waals surface area contributed by atoms with Gasteiger partial charge in [-0.1, -0.05) is 19.9 Å². The van der Waals surface area contributed by atoms with Gasteiger partial charge in [0.25, 0.3) is 0 Å². The first-order valence-electron chi connectivity index (χ1n) is 7.73. The van der Waals surface area contributed by atoms with Gasteiger partial charge >= 0.3 is 0 Å². The van der Waals surface area contributed by atoms with Gasteiger partial charge in [-0.25, -0.2) is 0 Å². The largest absolute Gasteiger partial charge is 0.484 e. The van der Waals surface area contributed by atoms with Crippen LogP contribution >= 0.6 is 0 Å². The quantitative estimate of drug-likeness (QED) is 0.781. The van der Waals surface area contributed by atoms with E-state index in [0.717, 1.165) is 43.4 Å². The lowest BCUT2D eigenvalue weighted by atomic mass is 10.0. The first-order chi connectivity index (χ1) is 9.46. The van der Waals surface area contributed by atoms with Crippen molar-refractivity contribution < 1.29 is 4.74 Å². The molecular formula is C17H28N2O. The number of nitrogens with one attached hydrogen (secondary N) is 2. The first-order valence-corrected chi connectivity index (χ1v) is 7.73. The summed E-state index contributed by atoms with van der Waals surface area (Å²) < 4.78 is 5.97. The van der Waals surface area contributed by atoms with Gasteiger partial charge in [0.05, 0.1) is 12.2 Å². The van der Waals surface area contributed by atoms with Crippen LogP contribution in [-0.2, 0) is 6.42 Å². The molecule has 0 saturated carbocycles. The van der Waals surface area contributed by atoms with E-state index in [1.807, 2.05) is 0 Å². The van der Waals surface area contributed by atoms with E-state index in [9.17, 15) is 0 Å². The molecule has 112 valence electrons. The number of fused-ring (bicyclic) bond motifs is 1. The van der Waals surface area contributed by atoms with Crippen LogP contribution in [0.4, 0.5) is 5.69 Å². The molecule has 1 aromatic carbocycles. The topological polar surface area (TPSA) is 33.3 Å². The van der Waals surface area contributed by atoms with Crippen molar-refractivity contribution in [3.8, 4) is 5.75 Å². The SMILES string of the molecule is CC(C)CCNCCc1ccc2c(c1)NCC(C)(C)O2. The van der Waals surface area contributed by atoms with Crippen molar-refractivity contribution in [2.24, 2.45) is 5.92 Å². The van der Waals surface area contributed by atoms with Gasteiger partial charge in [-0.05, 0) is 63.4 Å². The lowest BCUT2D eigenvalue weighted by molar-refractivity contribution is 0.116. The number of ether oxygens (including phenoxy) is 1. The molecular weight excluding hydrogens is 248 g/mol. The summed E-state index contributed by atoms with van der Waals surface area (Å²) in [5, 5.41) is 6.97. The Hall–Kier alpha value is -1.22. The molecule has 0 aliphatic carbocycles. The molecule has 1 aliphatic rings. The molecule has 1 aliphatic heterocycles. The Labute approximate surface area is 123 Å². The average molecular weight is 276 g/mol. The molecule has 0 saturated heterocycles. The molecule has 0 spiro atoms. The summed E-state index contributed by atoms with van der Waals surface area (Å²) >= 11 is 0. The third-order valence-corrected chi connectivity index (χ3v) is 3.62. The predicted molar refractivity (Wildman–Crippen MR) is 85.7 cm³/mol. The Kier molecular flexibility index (Phi) is 4.92. The molecule has 3 nitrogen and oxygen atoms in total. The van der Waals surface area contributed by atoms with E-state index in [1.165, 1.54) is 12.0 Å². The Morgan fingerprint density at radius 3 is 2.85 bits per heavy atom. The molecule has 3 heteroatoms. The highest BCUT2D eigenvalue weighted by Crippen LogP contribution is 2.33. The lowest BCUT2D eigenvalue weighted by Gasteiger charge is -2.33. The maximum atomic E-state index is 5.97. The second-order valence-electron chi connectivity index (χ2n) is 6.73. The molecule has 0 bridgehead atoms. The minimum atomic E-state index is -0.118. The Bertz CT molecular complexity index is 441. The maximum absolute atomic E-state index is 5.97. The molecule has 0 amide bonds. The van der Waals surface area contributed by atoms with Crippen molar-refractivity contribution in [1.29, 1.82) is 0 Å². The number of anilines is 1. The molecule has 0 aromatic heterocycles. The number of benzene rings is 1. The first kappa shape index (κ1) is 15.2. The van der Waals surface area contributed by atoms with Gasteiger partial charge in [-0.2, -0.15) is 0 Å². The molecule has 0 unspecified atom stereocenters. The Balaban J connectivity index is 1.83. The van der Waals surface area contributed by atoms with Gasteiger partial charge in [-0.15, -0.1) is 0 Å². The van der Waals surface area contributed by atoms with E-state index in [1.54, 1.807) is 0 Å². The van der Waals surface area contributed by atoms with Gasteiger partial charge in [0.1, 0.15) is 11.4 Å². The van der Waals surface area contributed by atoms with Crippen LogP contribution in [0.15, 0.2) is 18.2 Å². The van der Waals surface area contributed by atoms with Crippen molar-refractivity contribution in [1.82, 2.24) is 5.32 Å². The fourth-order valence-corrected chi connectivity index (χ4v) is 2.35. The molecule has 20 heavy (non-hydrogen) atoms. The fourth-order valence-electron chi connectivity index (χ4n) is 2.35. The van der Waals surface area contributed by atoms with Crippen LogP contribution in [0.2, 0.25) is 0 Å². The van der Waals surface area contributed by atoms with Gasteiger partial charge in [0.2, 0.25) is 0 Å². The van der Waals surface area contributed by atoms with Gasteiger partial charge in [0, 0.05) is 0 Å². The standard InChI is InChI=1S/C17H28N2O/c1-13(2)7-9-18-10-8-14-5-6-16-15(11-14)19-12-17(3,4)20-16/h5-6,11,13,18-19H,7-10,12H2,1-4H3. The van der Waals surface area contributed by atoms with Gasteiger partial charge < -0.3 is 15.4 Å². The number of hydrogen-bond acceptors (Lipinski definition) is 3. The van der Waals surface area contributed by atoms with Crippen molar-refractivity contribution in [3.05, 3.63) is 23.8 Å². The highest BCUT2D eigenvalue weighted by Gasteiger charge is 2.25. The highest BCUT2D eigenvalue weighted by molar-refractivity contribution is 5.60. The Morgan fingerprint density at radius 2 is 2.10 bits per heavy atom. The van der Waals surface area contributed by atoms with Crippen molar-refractivity contribution in [2.75, 3.05) is 25.0 Å². The monoisotopic (exact) mass is 276 g/mol. The lowest BCUT2D eigenvalue weighted by Crippen LogP contribution is -2.40. The summed E-state index contributed by atoms with van der Waals surface area (Å²) in [6.45, 7) is 11.7. The zero-order valence-electron chi connectivity index (χ0n) is 13.3. The second-order valence-corrected chi connectivity index (χ2v) is 6.73. The zero-order chi connectivity index (χ0) is 14.6. The van der Waals surface area contributed by atoms with Crippen LogP contribution in [0.5, 0.6) is 5.75 Å². The van der Waals surface area contributed by atoms with Crippen LogP contribution in [-0.4, -0.2) is 25.2 Å². The van der Waals surface area contributed by atoms with Crippen LogP contribution in [0.3, 0.4) is 0 Å². The van der Waals surface area contributed by atoms with E-state index in [2.05, 4.69) is 56.5 Å². The summed E-state index contributed by atoms with van der Waals surface area (Å²) in [4.78, 5) is 0. The summed E-state index contributed by atoms with van der Waals surface area (Å²) in [6.07, 6.45) is 2.31. The van der Waals surface area contributed by atoms with Crippen molar-refractivity contribution in [3.63, 3.8) is 0 Å². The minimum absolute atomic E-state index is 0.118. The second kappa shape index (κ2) is 6.49. The summed E-state index contributed by atoms with van der Waals surface area (Å²) in [7, 11) is 0. The fraction of sp³-hybridized carbons (Fsp3) is 0.647. The smallest absolute Gasteiger partial charge is 0.143 e. The minimum Gasteiger partial charge on any atom is -0.484 e. The average Bonchev–Trinajstić information content (AvgIpc) is 2.37. The maximum Gasteiger partial charge on any atom is 0.143 e. The van der Waals surface area contributed by atoms with E-state index >= 15 is 0 Å². The molecule has 0 atom stereocenters. The van der Waals surface area contributed by atoms with Crippen molar-refractivity contribution >= 4 is 5.69 Å².